The molecule has 0 bridgehead atoms. The van der Waals surface area contributed by atoms with E-state index >= 15 is 0 Å². The largest absolute Gasteiger partial charge is 0.497 e. The van der Waals surface area contributed by atoms with E-state index in [9.17, 15) is 8.42 Å². The average Bonchev–Trinajstić information content (AvgIpc) is 2.68. The Balaban J connectivity index is 0.00000392. The summed E-state index contributed by atoms with van der Waals surface area (Å²) < 4.78 is 29.5. The van der Waals surface area contributed by atoms with Gasteiger partial charge in [0.15, 0.2) is 15.8 Å². The van der Waals surface area contributed by atoms with Crippen molar-refractivity contribution in [3.63, 3.8) is 0 Å². The number of guanidine groups is 1. The Bertz CT molecular complexity index is 826. The third-order valence-corrected chi connectivity index (χ3v) is 5.68. The number of hydrogen-bond donors (Lipinski definition) is 2. The van der Waals surface area contributed by atoms with Crippen LogP contribution in [0.3, 0.4) is 0 Å². The number of benzene rings is 2. The second kappa shape index (κ2) is 12.6. The number of nitrogens with one attached hydrogen (secondary N) is 2. The van der Waals surface area contributed by atoms with Crippen LogP contribution in [-0.2, 0) is 22.1 Å². The lowest BCUT2D eigenvalue weighted by atomic mass is 10.2. The summed E-state index contributed by atoms with van der Waals surface area (Å²) in [7, 11) is 0.215. The van der Waals surface area contributed by atoms with Crippen LogP contribution in [0, 0.1) is 0 Å². The summed E-state index contributed by atoms with van der Waals surface area (Å²) in [6, 6.07) is 17.0. The van der Waals surface area contributed by atoms with Crippen molar-refractivity contribution in [2.75, 3.05) is 26.5 Å². The van der Waals surface area contributed by atoms with Crippen LogP contribution in [0.2, 0.25) is 0 Å². The van der Waals surface area contributed by atoms with E-state index in [1.807, 2.05) is 54.6 Å². The molecule has 0 spiro atoms. The zero-order chi connectivity index (χ0) is 19.5. The normalized spacial score (nSPS) is 11.4. The first-order valence-electron chi connectivity index (χ1n) is 8.84. The van der Waals surface area contributed by atoms with Crippen LogP contribution in [-0.4, -0.2) is 40.8 Å². The van der Waals surface area contributed by atoms with Crippen LogP contribution in [0.4, 0.5) is 0 Å². The van der Waals surface area contributed by atoms with Gasteiger partial charge >= 0.3 is 0 Å². The molecule has 6 nitrogen and oxygen atoms in total. The number of methoxy groups -OCH3 is 1. The predicted molar refractivity (Wildman–Crippen MR) is 125 cm³/mol. The summed E-state index contributed by atoms with van der Waals surface area (Å²) in [5.41, 5.74) is 1.92. The first kappa shape index (κ1) is 24.2. The van der Waals surface area contributed by atoms with Gasteiger partial charge in [-0.1, -0.05) is 42.5 Å². The Morgan fingerprint density at radius 1 is 1.00 bits per heavy atom. The van der Waals surface area contributed by atoms with E-state index in [0.29, 0.717) is 25.5 Å². The van der Waals surface area contributed by atoms with E-state index in [-0.39, 0.29) is 35.5 Å². The van der Waals surface area contributed by atoms with Crippen molar-refractivity contribution in [1.29, 1.82) is 0 Å². The number of halogens is 1. The van der Waals surface area contributed by atoms with Gasteiger partial charge in [0.2, 0.25) is 0 Å². The van der Waals surface area contributed by atoms with Gasteiger partial charge in [-0.3, -0.25) is 4.99 Å². The number of rotatable bonds is 9. The van der Waals surface area contributed by atoms with Crippen LogP contribution in [0.25, 0.3) is 0 Å². The molecular weight excluding hydrogens is 489 g/mol. The third-order valence-electron chi connectivity index (χ3n) is 4.00. The molecule has 0 saturated heterocycles. The first-order chi connectivity index (χ1) is 13.0. The van der Waals surface area contributed by atoms with Crippen molar-refractivity contribution in [3.05, 3.63) is 65.7 Å². The van der Waals surface area contributed by atoms with Gasteiger partial charge in [-0.2, -0.15) is 0 Å². The maximum absolute atomic E-state index is 12.2. The summed E-state index contributed by atoms with van der Waals surface area (Å²) >= 11 is 0. The molecule has 0 amide bonds. The number of ether oxygens (including phenoxy) is 1. The van der Waals surface area contributed by atoms with Crippen molar-refractivity contribution in [2.45, 2.75) is 18.7 Å². The molecule has 2 aromatic carbocycles. The fourth-order valence-electron chi connectivity index (χ4n) is 2.55. The Morgan fingerprint density at radius 3 is 2.29 bits per heavy atom. The number of sulfone groups is 1. The molecule has 154 valence electrons. The highest BCUT2D eigenvalue weighted by molar-refractivity contribution is 14.0. The molecule has 0 heterocycles. The van der Waals surface area contributed by atoms with E-state index in [2.05, 4.69) is 15.6 Å². The number of aliphatic imine (C=N–C) groups is 1. The van der Waals surface area contributed by atoms with Gasteiger partial charge in [-0.15, -0.1) is 24.0 Å². The number of nitrogens with zero attached hydrogens (tertiary/aromatic N) is 1. The van der Waals surface area contributed by atoms with Gasteiger partial charge in [0.05, 0.1) is 18.6 Å². The van der Waals surface area contributed by atoms with Crippen molar-refractivity contribution in [3.8, 4) is 5.75 Å². The second-order valence-electron chi connectivity index (χ2n) is 6.13. The fraction of sp³-hybridized carbons (Fsp3) is 0.350. The lowest BCUT2D eigenvalue weighted by Crippen LogP contribution is -2.37. The molecule has 0 atom stereocenters. The molecule has 0 aliphatic heterocycles. The zero-order valence-corrected chi connectivity index (χ0v) is 19.4. The highest BCUT2D eigenvalue weighted by Crippen LogP contribution is 2.11. The fourth-order valence-corrected chi connectivity index (χ4v) is 3.98. The van der Waals surface area contributed by atoms with Crippen LogP contribution >= 0.6 is 24.0 Å². The van der Waals surface area contributed by atoms with Crippen LogP contribution in [0.5, 0.6) is 5.75 Å². The maximum atomic E-state index is 12.2. The minimum Gasteiger partial charge on any atom is -0.497 e. The van der Waals surface area contributed by atoms with E-state index in [0.717, 1.165) is 16.9 Å². The van der Waals surface area contributed by atoms with Crippen LogP contribution in [0.15, 0.2) is 59.6 Å². The van der Waals surface area contributed by atoms with Crippen molar-refractivity contribution in [1.82, 2.24) is 10.6 Å². The van der Waals surface area contributed by atoms with Gasteiger partial charge in [0.25, 0.3) is 0 Å². The molecule has 0 radical (unpaired) electrons. The lowest BCUT2D eigenvalue weighted by molar-refractivity contribution is 0.414. The van der Waals surface area contributed by atoms with Gasteiger partial charge in [-0.05, 0) is 29.7 Å². The summed E-state index contributed by atoms with van der Waals surface area (Å²) in [5, 5.41) is 6.36. The molecule has 2 aromatic rings. The van der Waals surface area contributed by atoms with Gasteiger partial charge in [-0.25, -0.2) is 8.42 Å². The Hall–Kier alpha value is -1.81. The summed E-state index contributed by atoms with van der Waals surface area (Å²) in [5.74, 6) is 1.69. The molecule has 2 rings (SSSR count). The van der Waals surface area contributed by atoms with Crippen molar-refractivity contribution >= 4 is 39.8 Å². The van der Waals surface area contributed by atoms with Crippen LogP contribution in [0.1, 0.15) is 17.5 Å². The minimum absolute atomic E-state index is 0. The molecule has 0 aliphatic rings. The molecule has 0 unspecified atom stereocenters. The average molecular weight is 517 g/mol. The molecule has 0 saturated carbocycles. The Labute approximate surface area is 184 Å². The van der Waals surface area contributed by atoms with E-state index in [1.54, 1.807) is 14.2 Å². The van der Waals surface area contributed by atoms with Gasteiger partial charge < -0.3 is 15.4 Å². The highest BCUT2D eigenvalue weighted by Gasteiger charge is 2.11. The summed E-state index contributed by atoms with van der Waals surface area (Å²) in [6.45, 7) is 1.16. The van der Waals surface area contributed by atoms with Crippen molar-refractivity contribution in [2.24, 2.45) is 4.99 Å². The van der Waals surface area contributed by atoms with Crippen LogP contribution < -0.4 is 15.4 Å². The monoisotopic (exact) mass is 517 g/mol. The second-order valence-corrected chi connectivity index (χ2v) is 8.32. The first-order valence-corrected chi connectivity index (χ1v) is 10.7. The Kier molecular flexibility index (Phi) is 10.9. The van der Waals surface area contributed by atoms with E-state index in [4.69, 9.17) is 4.74 Å². The molecular formula is C20H28IN3O3S. The number of hydrogen-bond acceptors (Lipinski definition) is 4. The predicted octanol–water partition coefficient (Wildman–Crippen LogP) is 2.98. The summed E-state index contributed by atoms with van der Waals surface area (Å²) in [6.07, 6.45) is 0.526. The standard InChI is InChI=1S/C20H27N3O3S.HI/c1-21-20(23-15-17-9-11-19(26-2)12-10-17)22-13-6-14-27(24,25)16-18-7-4-3-5-8-18;/h3-5,7-12H,6,13-16H2,1-2H3,(H2,21,22,23);1H. The topological polar surface area (TPSA) is 79.8 Å². The molecule has 28 heavy (non-hydrogen) atoms. The SMILES string of the molecule is CN=C(NCCCS(=O)(=O)Cc1ccccc1)NCc1ccc(OC)cc1.I. The van der Waals surface area contributed by atoms with Gasteiger partial charge in [0.1, 0.15) is 5.75 Å². The van der Waals surface area contributed by atoms with Crippen molar-refractivity contribution < 1.29 is 13.2 Å². The Morgan fingerprint density at radius 2 is 1.68 bits per heavy atom. The van der Waals surface area contributed by atoms with Gasteiger partial charge in [0, 0.05) is 20.1 Å². The van der Waals surface area contributed by atoms with E-state index < -0.39 is 9.84 Å². The minimum atomic E-state index is -3.11. The third kappa shape index (κ3) is 8.92. The molecule has 0 aromatic heterocycles. The lowest BCUT2D eigenvalue weighted by Gasteiger charge is -2.12. The molecule has 8 heteroatoms. The molecule has 0 aliphatic carbocycles. The van der Waals surface area contributed by atoms with E-state index in [1.165, 1.54) is 0 Å². The smallest absolute Gasteiger partial charge is 0.191 e. The molecule has 2 N–H and O–H groups in total. The highest BCUT2D eigenvalue weighted by atomic mass is 127. The maximum Gasteiger partial charge on any atom is 0.191 e. The summed E-state index contributed by atoms with van der Waals surface area (Å²) in [4.78, 5) is 4.16. The molecule has 0 fully saturated rings. The quantitative estimate of drug-likeness (QED) is 0.232. The zero-order valence-electron chi connectivity index (χ0n) is 16.2.